The Morgan fingerprint density at radius 1 is 1.33 bits per heavy atom. The largest absolute Gasteiger partial charge is 0.444 e. The monoisotopic (exact) mass is 368 g/mol. The van der Waals surface area contributed by atoms with Gasteiger partial charge in [-0.2, -0.15) is 5.10 Å². The van der Waals surface area contributed by atoms with Crippen LogP contribution in [0.1, 0.15) is 39.2 Å². The van der Waals surface area contributed by atoms with Crippen LogP contribution < -0.4 is 5.43 Å². The van der Waals surface area contributed by atoms with Crippen molar-refractivity contribution in [2.24, 2.45) is 5.10 Å². The van der Waals surface area contributed by atoms with E-state index in [-0.39, 0.29) is 5.91 Å². The van der Waals surface area contributed by atoms with Crippen molar-refractivity contribution in [3.63, 3.8) is 0 Å². The summed E-state index contributed by atoms with van der Waals surface area (Å²) >= 11 is 0. The van der Waals surface area contributed by atoms with E-state index in [0.29, 0.717) is 13.0 Å². The lowest BCUT2D eigenvalue weighted by Gasteiger charge is -2.27. The Labute approximate surface area is 158 Å². The van der Waals surface area contributed by atoms with Crippen LogP contribution in [0.15, 0.2) is 41.6 Å². The number of amides is 2. The average Bonchev–Trinajstić information content (AvgIpc) is 3.10. The first-order chi connectivity index (χ1) is 12.8. The molecule has 7 heteroatoms. The fourth-order valence-corrected chi connectivity index (χ4v) is 3.00. The molecule has 0 aliphatic carbocycles. The molecule has 0 unspecified atom stereocenters. The lowest BCUT2D eigenvalue weighted by Crippen LogP contribution is -2.46. The topological polar surface area (TPSA) is 83.9 Å². The van der Waals surface area contributed by atoms with Gasteiger partial charge in [0.1, 0.15) is 11.6 Å². The van der Waals surface area contributed by atoms with Crippen LogP contribution in [-0.2, 0) is 9.53 Å². The maximum atomic E-state index is 12.4. The number of pyridine rings is 1. The van der Waals surface area contributed by atoms with Crippen LogP contribution >= 0.6 is 0 Å². The second-order valence-electron chi connectivity index (χ2n) is 7.52. The van der Waals surface area contributed by atoms with E-state index in [1.54, 1.807) is 33.2 Å². The molecule has 2 aromatic rings. The fourth-order valence-electron chi connectivity index (χ4n) is 3.00. The number of aromatic nitrogens is 1. The highest BCUT2D eigenvalue weighted by Gasteiger charge is 2.36. The summed E-state index contributed by atoms with van der Waals surface area (Å²) in [6.45, 7) is 5.92. The highest BCUT2D eigenvalue weighted by molar-refractivity contribution is 5.90. The Morgan fingerprint density at radius 3 is 2.93 bits per heavy atom. The van der Waals surface area contributed by atoms with Crippen LogP contribution in [0.25, 0.3) is 10.9 Å². The molecule has 2 heterocycles. The van der Waals surface area contributed by atoms with Crippen molar-refractivity contribution < 1.29 is 14.3 Å². The zero-order chi connectivity index (χ0) is 19.4. The number of carbonyl (C=O) groups is 2. The minimum Gasteiger partial charge on any atom is -0.444 e. The molecule has 1 aromatic carbocycles. The van der Waals surface area contributed by atoms with Gasteiger partial charge in [0.25, 0.3) is 5.91 Å². The Morgan fingerprint density at radius 2 is 2.15 bits per heavy atom. The van der Waals surface area contributed by atoms with Gasteiger partial charge in [0.2, 0.25) is 0 Å². The lowest BCUT2D eigenvalue weighted by atomic mass is 10.1. The van der Waals surface area contributed by atoms with E-state index in [0.717, 1.165) is 22.9 Å². The smallest absolute Gasteiger partial charge is 0.410 e. The SMILES string of the molecule is CC(C)(C)OC(=O)N1CCC[C@H]1C(=O)N/N=C/c1ccc2ncccc2c1. The zero-order valence-electron chi connectivity index (χ0n) is 15.8. The average molecular weight is 368 g/mol. The van der Waals surface area contributed by atoms with Gasteiger partial charge in [-0.05, 0) is 57.4 Å². The van der Waals surface area contributed by atoms with Crippen molar-refractivity contribution in [2.45, 2.75) is 45.3 Å². The third kappa shape index (κ3) is 4.81. The van der Waals surface area contributed by atoms with Crippen LogP contribution in [-0.4, -0.2) is 46.3 Å². The Balaban J connectivity index is 1.62. The van der Waals surface area contributed by atoms with Gasteiger partial charge in [-0.25, -0.2) is 10.2 Å². The van der Waals surface area contributed by atoms with E-state index in [9.17, 15) is 9.59 Å². The summed E-state index contributed by atoms with van der Waals surface area (Å²) in [6.07, 6.45) is 4.22. The van der Waals surface area contributed by atoms with Crippen molar-refractivity contribution in [3.8, 4) is 0 Å². The molecule has 1 fully saturated rings. The number of hydrogen-bond acceptors (Lipinski definition) is 5. The Hall–Kier alpha value is -2.96. The number of hydrazone groups is 1. The van der Waals surface area contributed by atoms with Crippen LogP contribution in [0.3, 0.4) is 0 Å². The maximum absolute atomic E-state index is 12.4. The third-order valence-corrected chi connectivity index (χ3v) is 4.20. The first kappa shape index (κ1) is 18.8. The molecule has 1 aliphatic rings. The molecule has 1 atom stereocenters. The van der Waals surface area contributed by atoms with Gasteiger partial charge in [0.05, 0.1) is 11.7 Å². The summed E-state index contributed by atoms with van der Waals surface area (Å²) in [6, 6.07) is 9.01. The van der Waals surface area contributed by atoms with Crippen LogP contribution in [0.2, 0.25) is 0 Å². The molecule has 0 saturated carbocycles. The fraction of sp³-hybridized carbons (Fsp3) is 0.400. The van der Waals surface area contributed by atoms with E-state index in [2.05, 4.69) is 15.5 Å². The van der Waals surface area contributed by atoms with Crippen molar-refractivity contribution in [3.05, 3.63) is 42.1 Å². The number of fused-ring (bicyclic) bond motifs is 1. The van der Waals surface area contributed by atoms with Gasteiger partial charge in [0.15, 0.2) is 0 Å². The summed E-state index contributed by atoms with van der Waals surface area (Å²) in [4.78, 5) is 30.5. The zero-order valence-corrected chi connectivity index (χ0v) is 15.8. The number of nitrogens with zero attached hydrogens (tertiary/aromatic N) is 3. The molecule has 0 spiro atoms. The van der Waals surface area contributed by atoms with Crippen molar-refractivity contribution in [1.82, 2.24) is 15.3 Å². The van der Waals surface area contributed by atoms with E-state index < -0.39 is 17.7 Å². The molecule has 1 aromatic heterocycles. The number of rotatable bonds is 3. The normalized spacial score (nSPS) is 17.4. The lowest BCUT2D eigenvalue weighted by molar-refractivity contribution is -0.125. The highest BCUT2D eigenvalue weighted by atomic mass is 16.6. The van der Waals surface area contributed by atoms with Gasteiger partial charge in [-0.15, -0.1) is 0 Å². The molecule has 3 rings (SSSR count). The van der Waals surface area contributed by atoms with E-state index in [1.807, 2.05) is 30.3 Å². The van der Waals surface area contributed by atoms with Gasteiger partial charge in [-0.1, -0.05) is 12.1 Å². The predicted octanol–water partition coefficient (Wildman–Crippen LogP) is 3.08. The standard InChI is InChI=1S/C20H24N4O3/c1-20(2,3)27-19(26)24-11-5-7-17(24)18(25)23-22-13-14-8-9-16-15(12-14)6-4-10-21-16/h4,6,8-10,12-13,17H,5,7,11H2,1-3H3,(H,23,25)/b22-13+/t17-/m0/s1. The number of ether oxygens (including phenoxy) is 1. The van der Waals surface area contributed by atoms with E-state index in [1.165, 1.54) is 4.90 Å². The van der Waals surface area contributed by atoms with Crippen molar-refractivity contribution >= 4 is 29.1 Å². The van der Waals surface area contributed by atoms with Gasteiger partial charge in [0, 0.05) is 18.1 Å². The van der Waals surface area contributed by atoms with Gasteiger partial charge < -0.3 is 4.74 Å². The van der Waals surface area contributed by atoms with Gasteiger partial charge >= 0.3 is 6.09 Å². The molecule has 27 heavy (non-hydrogen) atoms. The first-order valence-corrected chi connectivity index (χ1v) is 9.01. The Bertz CT molecular complexity index is 873. The number of benzene rings is 1. The summed E-state index contributed by atoms with van der Waals surface area (Å²) < 4.78 is 5.38. The molecule has 0 bridgehead atoms. The molecule has 1 N–H and O–H groups in total. The molecule has 0 radical (unpaired) electrons. The summed E-state index contributed by atoms with van der Waals surface area (Å²) in [5.74, 6) is -0.308. The second-order valence-corrected chi connectivity index (χ2v) is 7.52. The van der Waals surface area contributed by atoms with Crippen LogP contribution in [0.4, 0.5) is 4.79 Å². The maximum Gasteiger partial charge on any atom is 0.410 e. The van der Waals surface area contributed by atoms with Crippen molar-refractivity contribution in [2.75, 3.05) is 6.54 Å². The molecule has 7 nitrogen and oxygen atoms in total. The third-order valence-electron chi connectivity index (χ3n) is 4.20. The minimum atomic E-state index is -0.593. The second kappa shape index (κ2) is 7.73. The molecule has 1 aliphatic heterocycles. The molecule has 1 saturated heterocycles. The molecule has 142 valence electrons. The Kier molecular flexibility index (Phi) is 5.39. The van der Waals surface area contributed by atoms with Crippen molar-refractivity contribution in [1.29, 1.82) is 0 Å². The number of nitrogens with one attached hydrogen (secondary N) is 1. The minimum absolute atomic E-state index is 0.308. The van der Waals surface area contributed by atoms with E-state index >= 15 is 0 Å². The molecule has 2 amide bonds. The summed E-state index contributed by atoms with van der Waals surface area (Å²) in [5, 5.41) is 5.04. The van der Waals surface area contributed by atoms with E-state index in [4.69, 9.17) is 4.74 Å². The predicted molar refractivity (Wildman–Crippen MR) is 103 cm³/mol. The highest BCUT2D eigenvalue weighted by Crippen LogP contribution is 2.21. The molecular weight excluding hydrogens is 344 g/mol. The first-order valence-electron chi connectivity index (χ1n) is 9.01. The summed E-state index contributed by atoms with van der Waals surface area (Å²) in [7, 11) is 0. The van der Waals surface area contributed by atoms with Gasteiger partial charge in [-0.3, -0.25) is 14.7 Å². The van der Waals surface area contributed by atoms with Crippen LogP contribution in [0, 0.1) is 0 Å². The number of likely N-dealkylation sites (tertiary alicyclic amines) is 1. The van der Waals surface area contributed by atoms with Crippen LogP contribution in [0.5, 0.6) is 0 Å². The quantitative estimate of drug-likeness (QED) is 0.666. The number of carbonyl (C=O) groups excluding carboxylic acids is 2. The number of hydrogen-bond donors (Lipinski definition) is 1. The molecular formula is C20H24N4O3. The summed E-state index contributed by atoms with van der Waals surface area (Å²) in [5.41, 5.74) is 3.69.